The number of carbonyl (C=O) groups is 2. The molecule has 0 aromatic rings. The molecule has 0 rings (SSSR count). The summed E-state index contributed by atoms with van der Waals surface area (Å²) in [4.78, 5) is 22.9. The van der Waals surface area contributed by atoms with Crippen LogP contribution in [0.5, 0.6) is 0 Å². The zero-order valence-electron chi connectivity index (χ0n) is 12.3. The summed E-state index contributed by atoms with van der Waals surface area (Å²) in [6.07, 6.45) is 3.32. The van der Waals surface area contributed by atoms with Gasteiger partial charge in [0.25, 0.3) is 0 Å². The summed E-state index contributed by atoms with van der Waals surface area (Å²) >= 11 is 0. The zero-order valence-corrected chi connectivity index (χ0v) is 12.3. The third kappa shape index (κ3) is 6.62. The first-order valence-corrected chi connectivity index (χ1v) is 6.65. The lowest BCUT2D eigenvalue weighted by Crippen LogP contribution is -2.52. The van der Waals surface area contributed by atoms with Gasteiger partial charge < -0.3 is 10.4 Å². The van der Waals surface area contributed by atoms with Gasteiger partial charge >= 0.3 is 5.97 Å². The lowest BCUT2D eigenvalue weighted by molar-refractivity contribution is -0.147. The minimum Gasteiger partial charge on any atom is -0.480 e. The Morgan fingerprint density at radius 2 is 1.67 bits per heavy atom. The van der Waals surface area contributed by atoms with Gasteiger partial charge in [-0.2, -0.15) is 0 Å². The van der Waals surface area contributed by atoms with Crippen molar-refractivity contribution in [2.45, 2.75) is 72.3 Å². The number of amides is 1. The molecule has 0 aromatic heterocycles. The Morgan fingerprint density at radius 1 is 1.11 bits per heavy atom. The van der Waals surface area contributed by atoms with Crippen LogP contribution in [0.1, 0.15) is 66.7 Å². The van der Waals surface area contributed by atoms with E-state index in [0.717, 1.165) is 19.3 Å². The fourth-order valence-electron chi connectivity index (χ4n) is 1.87. The van der Waals surface area contributed by atoms with Gasteiger partial charge in [-0.05, 0) is 31.6 Å². The van der Waals surface area contributed by atoms with Crippen molar-refractivity contribution in [3.05, 3.63) is 0 Å². The van der Waals surface area contributed by atoms with Gasteiger partial charge in [0, 0.05) is 6.42 Å². The smallest absolute Gasteiger partial charge is 0.329 e. The highest BCUT2D eigenvalue weighted by molar-refractivity contribution is 5.86. The van der Waals surface area contributed by atoms with E-state index in [-0.39, 0.29) is 11.3 Å². The number of hydrogen-bond donors (Lipinski definition) is 2. The van der Waals surface area contributed by atoms with Gasteiger partial charge in [0.1, 0.15) is 5.54 Å². The van der Waals surface area contributed by atoms with Crippen LogP contribution in [-0.2, 0) is 9.59 Å². The molecular weight excluding hydrogens is 230 g/mol. The van der Waals surface area contributed by atoms with Gasteiger partial charge in [-0.1, -0.05) is 34.1 Å². The molecule has 0 saturated carbocycles. The Kier molecular flexibility index (Phi) is 6.36. The van der Waals surface area contributed by atoms with Crippen LogP contribution in [-0.4, -0.2) is 22.5 Å². The number of carboxylic acid groups (broad SMARTS) is 1. The van der Waals surface area contributed by atoms with E-state index < -0.39 is 11.5 Å². The molecule has 0 heterocycles. The van der Waals surface area contributed by atoms with Gasteiger partial charge in [0.05, 0.1) is 0 Å². The number of aliphatic carboxylic acids is 1. The molecule has 1 amide bonds. The quantitative estimate of drug-likeness (QED) is 0.737. The second kappa shape index (κ2) is 6.76. The van der Waals surface area contributed by atoms with Crippen LogP contribution in [0.4, 0.5) is 0 Å². The maximum Gasteiger partial charge on any atom is 0.329 e. The van der Waals surface area contributed by atoms with E-state index in [1.807, 2.05) is 6.92 Å². The first-order valence-electron chi connectivity index (χ1n) is 6.65. The molecule has 0 saturated heterocycles. The maximum absolute atomic E-state index is 11.7. The van der Waals surface area contributed by atoms with Crippen molar-refractivity contribution >= 4 is 11.9 Å². The summed E-state index contributed by atoms with van der Waals surface area (Å²) in [7, 11) is 0. The SMILES string of the molecule is CCCC(C)(NC(=O)CCCC(C)(C)C)C(=O)O. The van der Waals surface area contributed by atoms with Gasteiger partial charge in [0.15, 0.2) is 0 Å². The van der Waals surface area contributed by atoms with E-state index in [4.69, 9.17) is 5.11 Å². The Balaban J connectivity index is 4.24. The van der Waals surface area contributed by atoms with E-state index >= 15 is 0 Å². The molecule has 1 atom stereocenters. The van der Waals surface area contributed by atoms with Crippen LogP contribution in [0.15, 0.2) is 0 Å². The molecule has 106 valence electrons. The van der Waals surface area contributed by atoms with Crippen molar-refractivity contribution in [2.75, 3.05) is 0 Å². The molecule has 0 radical (unpaired) electrons. The number of nitrogens with one attached hydrogen (secondary N) is 1. The minimum atomic E-state index is -1.13. The second-order valence-corrected chi connectivity index (χ2v) is 6.35. The third-order valence-electron chi connectivity index (χ3n) is 2.97. The predicted molar refractivity (Wildman–Crippen MR) is 72.4 cm³/mol. The highest BCUT2D eigenvalue weighted by Gasteiger charge is 2.33. The lowest BCUT2D eigenvalue weighted by Gasteiger charge is -2.26. The number of carbonyl (C=O) groups excluding carboxylic acids is 1. The molecule has 0 fully saturated rings. The van der Waals surface area contributed by atoms with Gasteiger partial charge in [-0.15, -0.1) is 0 Å². The molecule has 4 nitrogen and oxygen atoms in total. The monoisotopic (exact) mass is 257 g/mol. The van der Waals surface area contributed by atoms with Crippen LogP contribution < -0.4 is 5.32 Å². The molecule has 0 aliphatic heterocycles. The van der Waals surface area contributed by atoms with Crippen LogP contribution in [0.25, 0.3) is 0 Å². The van der Waals surface area contributed by atoms with Crippen LogP contribution in [0, 0.1) is 5.41 Å². The van der Waals surface area contributed by atoms with Crippen molar-refractivity contribution in [1.29, 1.82) is 0 Å². The van der Waals surface area contributed by atoms with E-state index in [1.165, 1.54) is 0 Å². The number of rotatable bonds is 7. The van der Waals surface area contributed by atoms with E-state index in [1.54, 1.807) is 6.92 Å². The Hall–Kier alpha value is -1.06. The molecule has 0 aliphatic carbocycles. The van der Waals surface area contributed by atoms with Crippen molar-refractivity contribution in [2.24, 2.45) is 5.41 Å². The van der Waals surface area contributed by atoms with Crippen LogP contribution in [0.3, 0.4) is 0 Å². The standard InChI is InChI=1S/C14H27NO3/c1-6-9-14(5,12(17)18)15-11(16)8-7-10-13(2,3)4/h6-10H2,1-5H3,(H,15,16)(H,17,18). The van der Waals surface area contributed by atoms with Crippen molar-refractivity contribution in [1.82, 2.24) is 5.32 Å². The highest BCUT2D eigenvalue weighted by atomic mass is 16.4. The fraction of sp³-hybridized carbons (Fsp3) is 0.857. The molecule has 4 heteroatoms. The summed E-state index contributed by atoms with van der Waals surface area (Å²) in [5, 5.41) is 11.8. The second-order valence-electron chi connectivity index (χ2n) is 6.35. The third-order valence-corrected chi connectivity index (χ3v) is 2.97. The Morgan fingerprint density at radius 3 is 2.06 bits per heavy atom. The first-order chi connectivity index (χ1) is 8.10. The minimum absolute atomic E-state index is 0.169. The molecule has 18 heavy (non-hydrogen) atoms. The highest BCUT2D eigenvalue weighted by Crippen LogP contribution is 2.21. The van der Waals surface area contributed by atoms with Crippen LogP contribution >= 0.6 is 0 Å². The van der Waals surface area contributed by atoms with Gasteiger partial charge in [-0.3, -0.25) is 4.79 Å². The number of hydrogen-bond acceptors (Lipinski definition) is 2. The normalized spacial score (nSPS) is 14.9. The van der Waals surface area contributed by atoms with E-state index in [2.05, 4.69) is 26.1 Å². The topological polar surface area (TPSA) is 66.4 Å². The average Bonchev–Trinajstić information content (AvgIpc) is 2.15. The molecule has 0 aliphatic rings. The summed E-state index contributed by atoms with van der Waals surface area (Å²) in [5.74, 6) is -1.13. The predicted octanol–water partition coefficient (Wildman–Crippen LogP) is 2.96. The Labute approximate surface area is 110 Å². The summed E-state index contributed by atoms with van der Waals surface area (Å²) in [5.41, 5.74) is -0.923. The number of carboxylic acids is 1. The summed E-state index contributed by atoms with van der Waals surface area (Å²) in [6, 6.07) is 0. The van der Waals surface area contributed by atoms with Crippen molar-refractivity contribution < 1.29 is 14.7 Å². The first kappa shape index (κ1) is 16.9. The van der Waals surface area contributed by atoms with Gasteiger partial charge in [0.2, 0.25) is 5.91 Å². The zero-order chi connectivity index (χ0) is 14.4. The van der Waals surface area contributed by atoms with Crippen LogP contribution in [0.2, 0.25) is 0 Å². The van der Waals surface area contributed by atoms with E-state index in [0.29, 0.717) is 12.8 Å². The van der Waals surface area contributed by atoms with Gasteiger partial charge in [-0.25, -0.2) is 4.79 Å². The lowest BCUT2D eigenvalue weighted by atomic mass is 9.89. The molecule has 1 unspecified atom stereocenters. The van der Waals surface area contributed by atoms with Crippen molar-refractivity contribution in [3.63, 3.8) is 0 Å². The molecule has 2 N–H and O–H groups in total. The molecule has 0 aromatic carbocycles. The van der Waals surface area contributed by atoms with Crippen molar-refractivity contribution in [3.8, 4) is 0 Å². The largest absolute Gasteiger partial charge is 0.480 e. The fourth-order valence-corrected chi connectivity index (χ4v) is 1.87. The maximum atomic E-state index is 11.7. The molecule has 0 bridgehead atoms. The Bertz CT molecular complexity index is 294. The summed E-state index contributed by atoms with van der Waals surface area (Å²) < 4.78 is 0. The molecular formula is C14H27NO3. The average molecular weight is 257 g/mol. The summed E-state index contributed by atoms with van der Waals surface area (Å²) in [6.45, 7) is 9.86. The molecule has 0 spiro atoms. The van der Waals surface area contributed by atoms with E-state index in [9.17, 15) is 9.59 Å².